The molecule has 370 valence electrons. The van der Waals surface area contributed by atoms with Crippen molar-refractivity contribution in [3.8, 4) is 0 Å². The number of carbonyl (C=O) groups is 2. The fourth-order valence-corrected chi connectivity index (χ4v) is 8.28. The van der Waals surface area contributed by atoms with Crippen molar-refractivity contribution in [3.63, 3.8) is 0 Å². The van der Waals surface area contributed by atoms with Crippen LogP contribution in [-0.4, -0.2) is 86.3 Å². The van der Waals surface area contributed by atoms with Crippen molar-refractivity contribution < 1.29 is 35.9 Å². The fourth-order valence-electron chi connectivity index (χ4n) is 8.28. The summed E-state index contributed by atoms with van der Waals surface area (Å²) >= 11 is 0. The number of nitrogens with zero attached hydrogens (tertiary/aromatic N) is 2. The fraction of sp³-hybridized carbons (Fsp3) is 0.960. The van der Waals surface area contributed by atoms with Crippen LogP contribution in [0.4, 0.5) is 26.3 Å². The van der Waals surface area contributed by atoms with Gasteiger partial charge >= 0.3 is 24.2 Å². The summed E-state index contributed by atoms with van der Waals surface area (Å²) in [6.45, 7) is 10.4. The third kappa shape index (κ3) is 42.4. The van der Waals surface area contributed by atoms with Crippen LogP contribution in [0.3, 0.4) is 0 Å². The zero-order chi connectivity index (χ0) is 45.8. The molecule has 0 rings (SSSR count). The predicted octanol–water partition coefficient (Wildman–Crippen LogP) is 15.0. The van der Waals surface area contributed by atoms with Gasteiger partial charge in [0.15, 0.2) is 0 Å². The van der Waals surface area contributed by atoms with E-state index < -0.39 is 24.2 Å². The summed E-state index contributed by atoms with van der Waals surface area (Å²) in [5.41, 5.74) is 0. The van der Waals surface area contributed by atoms with E-state index in [9.17, 15) is 35.9 Å². The van der Waals surface area contributed by atoms with Gasteiger partial charge in [0.05, 0.1) is 0 Å². The van der Waals surface area contributed by atoms with Crippen LogP contribution >= 0.6 is 0 Å². The Kier molecular flexibility index (Phi) is 42.2. The Morgan fingerprint density at radius 1 is 0.306 bits per heavy atom. The number of alkyl halides is 6. The molecule has 12 heteroatoms. The molecular formula is C50H96F6N4O2. The molecule has 0 heterocycles. The summed E-state index contributed by atoms with van der Waals surface area (Å²) in [6, 6.07) is 0. The number of hydrogen-bond donors (Lipinski definition) is 2. The second-order valence-corrected chi connectivity index (χ2v) is 18.2. The monoisotopic (exact) mass is 899 g/mol. The molecule has 0 unspecified atom stereocenters. The molecule has 0 aromatic carbocycles. The number of rotatable bonds is 47. The zero-order valence-corrected chi connectivity index (χ0v) is 40.1. The number of hydrogen-bond acceptors (Lipinski definition) is 4. The Morgan fingerprint density at radius 2 is 0.484 bits per heavy atom. The molecule has 0 bridgehead atoms. The van der Waals surface area contributed by atoms with Crippen LogP contribution in [0.25, 0.3) is 0 Å². The highest BCUT2D eigenvalue weighted by Crippen LogP contribution is 2.17. The average Bonchev–Trinajstić information content (AvgIpc) is 3.23. The highest BCUT2D eigenvalue weighted by atomic mass is 19.4. The van der Waals surface area contributed by atoms with Gasteiger partial charge in [-0.25, -0.2) is 0 Å². The summed E-state index contributed by atoms with van der Waals surface area (Å²) in [6.07, 6.45) is 33.7. The van der Waals surface area contributed by atoms with E-state index in [0.717, 1.165) is 90.6 Å². The maximum absolute atomic E-state index is 12.5. The van der Waals surface area contributed by atoms with Gasteiger partial charge in [-0.2, -0.15) is 26.3 Å². The lowest BCUT2D eigenvalue weighted by Gasteiger charge is -2.25. The zero-order valence-electron chi connectivity index (χ0n) is 40.1. The van der Waals surface area contributed by atoms with E-state index in [-0.39, 0.29) is 13.1 Å². The second-order valence-electron chi connectivity index (χ2n) is 18.2. The third-order valence-corrected chi connectivity index (χ3v) is 12.2. The Hall–Kier alpha value is -1.56. The van der Waals surface area contributed by atoms with E-state index in [0.29, 0.717) is 12.8 Å². The van der Waals surface area contributed by atoms with Crippen molar-refractivity contribution >= 4 is 11.8 Å². The number of unbranched alkanes of at least 4 members (excludes halogenated alkanes) is 31. The molecule has 0 aliphatic carbocycles. The number of nitrogens with one attached hydrogen (secondary N) is 2. The van der Waals surface area contributed by atoms with Crippen molar-refractivity contribution in [2.75, 3.05) is 52.4 Å². The maximum atomic E-state index is 12.5. The van der Waals surface area contributed by atoms with E-state index in [1.165, 1.54) is 167 Å². The Labute approximate surface area is 377 Å². The summed E-state index contributed by atoms with van der Waals surface area (Å²) in [4.78, 5) is 27.3. The first-order valence-electron chi connectivity index (χ1n) is 26.1. The standard InChI is InChI=1S/C50H96F6N4O2/c1-3-5-7-9-11-13-15-17-19-21-23-25-27-33-41-59(43-35-29-31-39-57-47(61)49(51,52)53)45-37-38-46-60(44-36-30-32-40-58-48(62)50(54,55)56)42-34-28-26-24-22-20-18-16-14-12-10-8-6-4-2/h3-46H2,1-2H3,(H,57,61)(H,58,62). The molecule has 0 aliphatic heterocycles. The Morgan fingerprint density at radius 3 is 0.694 bits per heavy atom. The van der Waals surface area contributed by atoms with E-state index in [1.54, 1.807) is 0 Å². The van der Waals surface area contributed by atoms with Gasteiger partial charge in [0, 0.05) is 13.1 Å². The summed E-state index contributed by atoms with van der Waals surface area (Å²) in [5.74, 6) is -3.74. The van der Waals surface area contributed by atoms with Crippen LogP contribution in [-0.2, 0) is 9.59 Å². The van der Waals surface area contributed by atoms with Crippen molar-refractivity contribution in [2.45, 2.75) is 257 Å². The first-order valence-corrected chi connectivity index (χ1v) is 26.1. The normalized spacial score (nSPS) is 12.2. The smallest absolute Gasteiger partial charge is 0.348 e. The highest BCUT2D eigenvalue weighted by molar-refractivity contribution is 5.81. The summed E-state index contributed by atoms with van der Waals surface area (Å²) in [5, 5.41) is 3.96. The SMILES string of the molecule is CCCCCCCCCCCCCCCCN(CCCCCNC(=O)C(F)(F)F)CCCCN(CCCCCCCCCCCCCCCC)CCCCCNC(=O)C(F)(F)F. The topological polar surface area (TPSA) is 64.7 Å². The van der Waals surface area contributed by atoms with Gasteiger partial charge in [0.2, 0.25) is 0 Å². The predicted molar refractivity (Wildman–Crippen MR) is 249 cm³/mol. The lowest BCUT2D eigenvalue weighted by molar-refractivity contribution is -0.173. The molecule has 0 aromatic heterocycles. The molecule has 2 amide bonds. The summed E-state index contributed by atoms with van der Waals surface area (Å²) in [7, 11) is 0. The molecular weight excluding hydrogens is 803 g/mol. The quantitative estimate of drug-likeness (QED) is 0.0472. The van der Waals surface area contributed by atoms with Crippen molar-refractivity contribution in [1.82, 2.24) is 20.4 Å². The van der Waals surface area contributed by atoms with Crippen LogP contribution in [0, 0.1) is 0 Å². The minimum atomic E-state index is -4.84. The molecule has 0 aromatic rings. The Bertz CT molecular complexity index is 908. The van der Waals surface area contributed by atoms with Gasteiger partial charge in [-0.3, -0.25) is 9.59 Å². The molecule has 0 atom stereocenters. The highest BCUT2D eigenvalue weighted by Gasteiger charge is 2.38. The number of amides is 2. The average molecular weight is 899 g/mol. The Balaban J connectivity index is 4.74. The van der Waals surface area contributed by atoms with Gasteiger partial charge in [0.25, 0.3) is 0 Å². The third-order valence-electron chi connectivity index (χ3n) is 12.2. The largest absolute Gasteiger partial charge is 0.471 e. The van der Waals surface area contributed by atoms with E-state index >= 15 is 0 Å². The van der Waals surface area contributed by atoms with Gasteiger partial charge in [-0.15, -0.1) is 0 Å². The molecule has 0 spiro atoms. The molecule has 0 aliphatic rings. The number of carbonyl (C=O) groups excluding carboxylic acids is 2. The first-order chi connectivity index (χ1) is 29.9. The molecule has 0 radical (unpaired) electrons. The van der Waals surface area contributed by atoms with Crippen LogP contribution in [0.15, 0.2) is 0 Å². The van der Waals surface area contributed by atoms with Crippen LogP contribution in [0.5, 0.6) is 0 Å². The summed E-state index contributed by atoms with van der Waals surface area (Å²) < 4.78 is 75.2. The van der Waals surface area contributed by atoms with Crippen molar-refractivity contribution in [1.29, 1.82) is 0 Å². The molecule has 0 saturated carbocycles. The molecule has 6 nitrogen and oxygen atoms in total. The van der Waals surface area contributed by atoms with Crippen molar-refractivity contribution in [2.24, 2.45) is 0 Å². The van der Waals surface area contributed by atoms with E-state index in [2.05, 4.69) is 23.6 Å². The van der Waals surface area contributed by atoms with Crippen molar-refractivity contribution in [3.05, 3.63) is 0 Å². The van der Waals surface area contributed by atoms with E-state index in [1.807, 2.05) is 10.6 Å². The van der Waals surface area contributed by atoms with Gasteiger partial charge < -0.3 is 20.4 Å². The van der Waals surface area contributed by atoms with Gasteiger partial charge in [-0.05, 0) is 90.6 Å². The first kappa shape index (κ1) is 60.4. The molecule has 0 saturated heterocycles. The molecule has 62 heavy (non-hydrogen) atoms. The van der Waals surface area contributed by atoms with E-state index in [4.69, 9.17) is 0 Å². The van der Waals surface area contributed by atoms with Crippen LogP contribution in [0.1, 0.15) is 245 Å². The number of halogens is 6. The van der Waals surface area contributed by atoms with Crippen LogP contribution in [0.2, 0.25) is 0 Å². The van der Waals surface area contributed by atoms with Crippen LogP contribution < -0.4 is 10.6 Å². The minimum Gasteiger partial charge on any atom is -0.348 e. The lowest BCUT2D eigenvalue weighted by Crippen LogP contribution is -2.37. The lowest BCUT2D eigenvalue weighted by atomic mass is 10.0. The maximum Gasteiger partial charge on any atom is 0.471 e. The minimum absolute atomic E-state index is 0.0363. The van der Waals surface area contributed by atoms with Gasteiger partial charge in [-0.1, -0.05) is 194 Å². The second kappa shape index (κ2) is 43.3. The molecule has 2 N–H and O–H groups in total. The molecule has 0 fully saturated rings. The van der Waals surface area contributed by atoms with Gasteiger partial charge in [0.1, 0.15) is 0 Å².